The number of aromatic nitrogens is 4. The molecule has 0 aliphatic carbocycles. The van der Waals surface area contributed by atoms with Crippen molar-refractivity contribution in [3.8, 4) is 5.69 Å². The predicted octanol–water partition coefficient (Wildman–Crippen LogP) is 3.40. The molecular formula is C21H17F3N4O2. The van der Waals surface area contributed by atoms with Crippen molar-refractivity contribution in [3.63, 3.8) is 0 Å². The minimum atomic E-state index is -1.00. The van der Waals surface area contributed by atoms with E-state index in [-0.39, 0.29) is 17.7 Å². The molecule has 0 bridgehead atoms. The van der Waals surface area contributed by atoms with E-state index in [1.165, 1.54) is 45.8 Å². The van der Waals surface area contributed by atoms with Crippen molar-refractivity contribution < 1.29 is 13.2 Å². The quantitative estimate of drug-likeness (QED) is 0.514. The molecule has 2 heterocycles. The second kappa shape index (κ2) is 7.33. The number of hydrogen-bond acceptors (Lipinski definition) is 3. The highest BCUT2D eigenvalue weighted by Crippen LogP contribution is 2.17. The van der Waals surface area contributed by atoms with Crippen LogP contribution in [0.25, 0.3) is 16.9 Å². The van der Waals surface area contributed by atoms with Crippen LogP contribution >= 0.6 is 0 Å². The van der Waals surface area contributed by atoms with E-state index < -0.39 is 34.7 Å². The molecule has 2 aromatic heterocycles. The van der Waals surface area contributed by atoms with Crippen molar-refractivity contribution in [2.45, 2.75) is 26.4 Å². The second-order valence-corrected chi connectivity index (χ2v) is 7.16. The lowest BCUT2D eigenvalue weighted by Crippen LogP contribution is -2.41. The molecule has 0 saturated carbocycles. The van der Waals surface area contributed by atoms with Crippen LogP contribution in [0.2, 0.25) is 0 Å². The average molecular weight is 414 g/mol. The maximum absolute atomic E-state index is 13.6. The summed E-state index contributed by atoms with van der Waals surface area (Å²) in [5.74, 6) is -2.44. The minimum Gasteiger partial charge on any atom is -0.320 e. The van der Waals surface area contributed by atoms with Gasteiger partial charge in [0.15, 0.2) is 22.8 Å². The zero-order chi connectivity index (χ0) is 21.6. The van der Waals surface area contributed by atoms with Crippen molar-refractivity contribution in [3.05, 3.63) is 92.6 Å². The molecule has 0 N–H and O–H groups in total. The molecule has 0 amide bonds. The van der Waals surface area contributed by atoms with Gasteiger partial charge < -0.3 is 4.57 Å². The van der Waals surface area contributed by atoms with Crippen molar-refractivity contribution in [1.82, 2.24) is 18.7 Å². The van der Waals surface area contributed by atoms with Crippen LogP contribution in [-0.4, -0.2) is 18.7 Å². The van der Waals surface area contributed by atoms with E-state index in [2.05, 4.69) is 4.98 Å². The largest absolute Gasteiger partial charge is 0.337 e. The van der Waals surface area contributed by atoms with Gasteiger partial charge in [0, 0.05) is 12.6 Å². The number of rotatable bonds is 4. The topological polar surface area (TPSA) is 61.8 Å². The average Bonchev–Trinajstić information content (AvgIpc) is 3.09. The second-order valence-electron chi connectivity index (χ2n) is 7.16. The van der Waals surface area contributed by atoms with Gasteiger partial charge in [-0.15, -0.1) is 0 Å². The maximum Gasteiger partial charge on any atom is 0.337 e. The Morgan fingerprint density at radius 3 is 2.30 bits per heavy atom. The first-order valence-electron chi connectivity index (χ1n) is 9.20. The fourth-order valence-electron chi connectivity index (χ4n) is 3.39. The molecule has 0 unspecified atom stereocenters. The van der Waals surface area contributed by atoms with E-state index in [1.54, 1.807) is 13.8 Å². The van der Waals surface area contributed by atoms with Crippen molar-refractivity contribution in [2.24, 2.45) is 0 Å². The smallest absolute Gasteiger partial charge is 0.320 e. The lowest BCUT2D eigenvalue weighted by Gasteiger charge is -2.15. The number of nitrogens with zero attached hydrogens (tertiary/aromatic N) is 4. The van der Waals surface area contributed by atoms with Gasteiger partial charge >= 0.3 is 5.69 Å². The molecule has 2 aromatic carbocycles. The summed E-state index contributed by atoms with van der Waals surface area (Å²) in [4.78, 5) is 30.4. The molecule has 154 valence electrons. The van der Waals surface area contributed by atoms with Crippen molar-refractivity contribution >= 4 is 11.2 Å². The Hall–Kier alpha value is -3.62. The summed E-state index contributed by atoms with van der Waals surface area (Å²) >= 11 is 0. The van der Waals surface area contributed by atoms with Gasteiger partial charge in [-0.1, -0.05) is 6.07 Å². The van der Waals surface area contributed by atoms with E-state index in [4.69, 9.17) is 0 Å². The Bertz CT molecular complexity index is 1370. The summed E-state index contributed by atoms with van der Waals surface area (Å²) in [6.45, 7) is 3.43. The van der Waals surface area contributed by atoms with Crippen LogP contribution < -0.4 is 11.2 Å². The lowest BCUT2D eigenvalue weighted by molar-refractivity contribution is 0.506. The zero-order valence-electron chi connectivity index (χ0n) is 16.1. The fourth-order valence-corrected chi connectivity index (χ4v) is 3.39. The Balaban J connectivity index is 1.99. The molecule has 4 aromatic rings. The predicted molar refractivity (Wildman–Crippen MR) is 105 cm³/mol. The molecule has 0 spiro atoms. The summed E-state index contributed by atoms with van der Waals surface area (Å²) in [7, 11) is 0. The van der Waals surface area contributed by atoms with Crippen LogP contribution in [0.5, 0.6) is 0 Å². The van der Waals surface area contributed by atoms with Gasteiger partial charge in [0.2, 0.25) is 0 Å². The number of fused-ring (bicyclic) bond motifs is 1. The van der Waals surface area contributed by atoms with Crippen LogP contribution in [0.4, 0.5) is 13.2 Å². The van der Waals surface area contributed by atoms with Crippen molar-refractivity contribution in [2.75, 3.05) is 0 Å². The van der Waals surface area contributed by atoms with Gasteiger partial charge in [0.1, 0.15) is 5.82 Å². The number of benzene rings is 2. The van der Waals surface area contributed by atoms with Gasteiger partial charge in [-0.2, -0.15) is 0 Å². The summed E-state index contributed by atoms with van der Waals surface area (Å²) in [5.41, 5.74) is -0.175. The highest BCUT2D eigenvalue weighted by molar-refractivity contribution is 5.72. The highest BCUT2D eigenvalue weighted by Gasteiger charge is 2.21. The first-order valence-corrected chi connectivity index (χ1v) is 9.20. The molecule has 6 nitrogen and oxygen atoms in total. The van der Waals surface area contributed by atoms with Crippen LogP contribution in [0, 0.1) is 17.5 Å². The molecule has 0 atom stereocenters. The molecule has 0 aliphatic heterocycles. The van der Waals surface area contributed by atoms with Crippen LogP contribution in [0.1, 0.15) is 25.5 Å². The SMILES string of the molecule is CC(C)n1c(=O)c2c(ncn2Cc2ccc(F)c(F)c2)n(-c2ccc(F)cc2)c1=O. The molecule has 0 saturated heterocycles. The first-order chi connectivity index (χ1) is 14.3. The number of imidazole rings is 1. The van der Waals surface area contributed by atoms with E-state index in [0.717, 1.165) is 16.7 Å². The molecule has 9 heteroatoms. The third-order valence-electron chi connectivity index (χ3n) is 4.79. The molecule has 0 aliphatic rings. The van der Waals surface area contributed by atoms with Gasteiger partial charge in [-0.3, -0.25) is 9.36 Å². The fraction of sp³-hybridized carbons (Fsp3) is 0.190. The summed E-state index contributed by atoms with van der Waals surface area (Å²) in [5, 5.41) is 0. The summed E-state index contributed by atoms with van der Waals surface area (Å²) in [6.07, 6.45) is 1.36. The third kappa shape index (κ3) is 3.22. The Labute approximate surface area is 168 Å². The van der Waals surface area contributed by atoms with Gasteiger partial charge in [0.25, 0.3) is 5.56 Å². The maximum atomic E-state index is 13.6. The van der Waals surface area contributed by atoms with E-state index >= 15 is 0 Å². The molecule has 0 fully saturated rings. The number of hydrogen-bond donors (Lipinski definition) is 0. The summed E-state index contributed by atoms with van der Waals surface area (Å²) in [6, 6.07) is 8.24. The van der Waals surface area contributed by atoms with E-state index in [9.17, 15) is 22.8 Å². The first kappa shape index (κ1) is 19.7. The van der Waals surface area contributed by atoms with Crippen molar-refractivity contribution in [1.29, 1.82) is 0 Å². The summed E-state index contributed by atoms with van der Waals surface area (Å²) < 4.78 is 44.0. The third-order valence-corrected chi connectivity index (χ3v) is 4.79. The van der Waals surface area contributed by atoms with Crippen LogP contribution in [-0.2, 0) is 6.54 Å². The molecular weight excluding hydrogens is 397 g/mol. The minimum absolute atomic E-state index is 0.0443. The normalized spacial score (nSPS) is 11.5. The van der Waals surface area contributed by atoms with E-state index in [1.807, 2.05) is 0 Å². The van der Waals surface area contributed by atoms with Gasteiger partial charge in [0.05, 0.1) is 12.0 Å². The Kier molecular flexibility index (Phi) is 4.81. The zero-order valence-corrected chi connectivity index (χ0v) is 16.1. The lowest BCUT2D eigenvalue weighted by atomic mass is 10.2. The molecule has 30 heavy (non-hydrogen) atoms. The monoisotopic (exact) mass is 414 g/mol. The van der Waals surface area contributed by atoms with Crippen LogP contribution in [0.15, 0.2) is 58.4 Å². The van der Waals surface area contributed by atoms with Gasteiger partial charge in [-0.25, -0.2) is 27.5 Å². The highest BCUT2D eigenvalue weighted by atomic mass is 19.2. The van der Waals surface area contributed by atoms with Crippen LogP contribution in [0.3, 0.4) is 0 Å². The Morgan fingerprint density at radius 2 is 1.67 bits per heavy atom. The number of halogens is 3. The standard InChI is InChI=1S/C21H17F3N4O2/c1-12(2)27-20(29)18-19(28(21(27)30)15-6-4-14(22)5-7-15)25-11-26(18)10-13-3-8-16(23)17(24)9-13/h3-9,11-12H,10H2,1-2H3. The molecule has 0 radical (unpaired) electrons. The molecule has 4 rings (SSSR count). The Morgan fingerprint density at radius 1 is 0.967 bits per heavy atom. The van der Waals surface area contributed by atoms with Gasteiger partial charge in [-0.05, 0) is 55.8 Å². The van der Waals surface area contributed by atoms with E-state index in [0.29, 0.717) is 11.3 Å².